The smallest absolute Gasteiger partial charge is 0.245 e. The molecule has 1 unspecified atom stereocenters. The van der Waals surface area contributed by atoms with Gasteiger partial charge in [-0.3, -0.25) is 4.79 Å². The average molecular weight is 284 g/mol. The zero-order chi connectivity index (χ0) is 14.0. The maximum Gasteiger partial charge on any atom is 0.245 e. The third kappa shape index (κ3) is 3.18. The molecule has 3 N–H and O–H groups in total. The number of benzene rings is 1. The molecule has 0 aromatic heterocycles. The first-order valence-corrected chi connectivity index (χ1v) is 6.54. The van der Waals surface area contributed by atoms with Gasteiger partial charge in [-0.15, -0.1) is 0 Å². The van der Waals surface area contributed by atoms with Crippen molar-refractivity contribution in [3.8, 4) is 5.75 Å². The lowest BCUT2D eigenvalue weighted by Crippen LogP contribution is -2.19. The van der Waals surface area contributed by atoms with Crippen molar-refractivity contribution in [2.24, 2.45) is 5.73 Å². The van der Waals surface area contributed by atoms with Crippen molar-refractivity contribution in [2.45, 2.75) is 12.5 Å². The zero-order valence-corrected chi connectivity index (χ0v) is 11.8. The third-order valence-electron chi connectivity index (χ3n) is 2.99. The van der Waals surface area contributed by atoms with E-state index < -0.39 is 6.04 Å². The summed E-state index contributed by atoms with van der Waals surface area (Å²) < 4.78 is 5.63. The van der Waals surface area contributed by atoms with Crippen molar-refractivity contribution >= 4 is 23.2 Å². The van der Waals surface area contributed by atoms with E-state index >= 15 is 0 Å². The molecule has 5 nitrogen and oxygen atoms in total. The minimum atomic E-state index is -0.643. The summed E-state index contributed by atoms with van der Waals surface area (Å²) in [4.78, 5) is 13.6. The highest BCUT2D eigenvalue weighted by Gasteiger charge is 2.28. The summed E-state index contributed by atoms with van der Waals surface area (Å²) in [6.45, 7) is 1.53. The van der Waals surface area contributed by atoms with Crippen LogP contribution in [0.4, 0.5) is 5.69 Å². The van der Waals surface area contributed by atoms with Gasteiger partial charge in [0.05, 0.1) is 11.6 Å². The Kier molecular flexibility index (Phi) is 4.29. The summed E-state index contributed by atoms with van der Waals surface area (Å²) in [7, 11) is 4.03. The van der Waals surface area contributed by atoms with Crippen molar-refractivity contribution in [3.63, 3.8) is 0 Å². The van der Waals surface area contributed by atoms with Crippen LogP contribution in [0.15, 0.2) is 12.1 Å². The van der Waals surface area contributed by atoms with E-state index in [1.807, 2.05) is 14.1 Å². The highest BCUT2D eigenvalue weighted by atomic mass is 35.5. The molecular weight excluding hydrogens is 266 g/mol. The van der Waals surface area contributed by atoms with Gasteiger partial charge in [0.25, 0.3) is 0 Å². The number of carbonyl (C=O) groups is 1. The number of hydrogen-bond donors (Lipinski definition) is 2. The molecule has 2 rings (SSSR count). The first kappa shape index (κ1) is 14.1. The molecule has 0 saturated heterocycles. The second-order valence-corrected chi connectivity index (χ2v) is 5.25. The van der Waals surface area contributed by atoms with Gasteiger partial charge in [-0.2, -0.15) is 0 Å². The van der Waals surface area contributed by atoms with Gasteiger partial charge >= 0.3 is 0 Å². The van der Waals surface area contributed by atoms with E-state index in [0.717, 1.165) is 18.5 Å². The van der Waals surface area contributed by atoms with Gasteiger partial charge in [-0.1, -0.05) is 11.6 Å². The Hall–Kier alpha value is -1.30. The van der Waals surface area contributed by atoms with Crippen molar-refractivity contribution < 1.29 is 9.53 Å². The van der Waals surface area contributed by atoms with Gasteiger partial charge in [-0.25, -0.2) is 0 Å². The van der Waals surface area contributed by atoms with Gasteiger partial charge in [0, 0.05) is 23.9 Å². The van der Waals surface area contributed by atoms with E-state index in [1.165, 1.54) is 0 Å². The van der Waals surface area contributed by atoms with E-state index in [0.29, 0.717) is 23.1 Å². The number of nitrogens with one attached hydrogen (secondary N) is 1. The molecule has 0 fully saturated rings. The van der Waals surface area contributed by atoms with Crippen LogP contribution in [0.5, 0.6) is 5.75 Å². The van der Waals surface area contributed by atoms with Crippen molar-refractivity contribution in [1.29, 1.82) is 0 Å². The topological polar surface area (TPSA) is 67.6 Å². The number of amides is 1. The maximum absolute atomic E-state index is 11.5. The molecule has 6 heteroatoms. The lowest BCUT2D eigenvalue weighted by atomic mass is 10.1. The maximum atomic E-state index is 11.5. The summed E-state index contributed by atoms with van der Waals surface area (Å²) in [5, 5.41) is 3.19. The summed E-state index contributed by atoms with van der Waals surface area (Å²) in [5.74, 6) is 0.365. The highest BCUT2D eigenvalue weighted by molar-refractivity contribution is 6.32. The van der Waals surface area contributed by atoms with Crippen molar-refractivity contribution in [3.05, 3.63) is 22.7 Å². The quantitative estimate of drug-likeness (QED) is 0.806. The molecule has 1 atom stereocenters. The molecule has 1 amide bonds. The molecule has 1 heterocycles. The first-order chi connectivity index (χ1) is 8.99. The van der Waals surface area contributed by atoms with Crippen LogP contribution >= 0.6 is 11.6 Å². The standard InChI is InChI=1S/C13H18ClN3O2/c1-17(2)4-3-5-19-11-7-10-8(6-9(11)14)12(15)13(18)16-10/h6-7,12H,3-5,15H2,1-2H3,(H,16,18). The Morgan fingerprint density at radius 2 is 2.21 bits per heavy atom. The average Bonchev–Trinajstić information content (AvgIpc) is 2.61. The van der Waals surface area contributed by atoms with Crippen LogP contribution in [0.1, 0.15) is 18.0 Å². The Morgan fingerprint density at radius 3 is 2.89 bits per heavy atom. The number of halogens is 1. The summed E-state index contributed by atoms with van der Waals surface area (Å²) in [6.07, 6.45) is 0.909. The second-order valence-electron chi connectivity index (χ2n) is 4.84. The largest absolute Gasteiger partial charge is 0.492 e. The van der Waals surface area contributed by atoms with E-state index in [1.54, 1.807) is 12.1 Å². The number of ether oxygens (including phenoxy) is 1. The number of nitrogens with zero attached hydrogens (tertiary/aromatic N) is 1. The van der Waals surface area contributed by atoms with Crippen LogP contribution in [0.25, 0.3) is 0 Å². The fourth-order valence-corrected chi connectivity index (χ4v) is 2.19. The van der Waals surface area contributed by atoms with Crippen LogP contribution in [-0.4, -0.2) is 38.1 Å². The van der Waals surface area contributed by atoms with Gasteiger partial charge in [-0.05, 0) is 26.6 Å². The van der Waals surface area contributed by atoms with Gasteiger partial charge in [0.2, 0.25) is 5.91 Å². The van der Waals surface area contributed by atoms with Crippen molar-refractivity contribution in [2.75, 3.05) is 32.6 Å². The van der Waals surface area contributed by atoms with E-state index in [-0.39, 0.29) is 5.91 Å². The minimum Gasteiger partial charge on any atom is -0.492 e. The lowest BCUT2D eigenvalue weighted by molar-refractivity contribution is -0.116. The number of nitrogens with two attached hydrogens (primary N) is 1. The van der Waals surface area contributed by atoms with Crippen LogP contribution in [-0.2, 0) is 4.79 Å². The molecule has 1 aliphatic heterocycles. The summed E-state index contributed by atoms with van der Waals surface area (Å²) in [5.41, 5.74) is 7.15. The summed E-state index contributed by atoms with van der Waals surface area (Å²) in [6, 6.07) is 2.79. The number of hydrogen-bond acceptors (Lipinski definition) is 4. The fraction of sp³-hybridized carbons (Fsp3) is 0.462. The molecular formula is C13H18ClN3O2. The van der Waals surface area contributed by atoms with E-state index in [2.05, 4.69) is 10.2 Å². The predicted molar refractivity (Wildman–Crippen MR) is 75.7 cm³/mol. The highest BCUT2D eigenvalue weighted by Crippen LogP contribution is 2.37. The molecule has 0 spiro atoms. The molecule has 19 heavy (non-hydrogen) atoms. The number of fused-ring (bicyclic) bond motifs is 1. The Labute approximate surface area is 117 Å². The zero-order valence-electron chi connectivity index (χ0n) is 11.1. The molecule has 1 aliphatic rings. The van der Waals surface area contributed by atoms with Gasteiger partial charge < -0.3 is 20.7 Å². The predicted octanol–water partition coefficient (Wildman–Crippen LogP) is 1.62. The lowest BCUT2D eigenvalue weighted by Gasteiger charge is -2.12. The first-order valence-electron chi connectivity index (χ1n) is 6.16. The second kappa shape index (κ2) is 5.77. The Bertz CT molecular complexity index is 491. The Morgan fingerprint density at radius 1 is 1.47 bits per heavy atom. The van der Waals surface area contributed by atoms with Crippen LogP contribution < -0.4 is 15.8 Å². The van der Waals surface area contributed by atoms with Gasteiger partial charge in [0.15, 0.2) is 0 Å². The van der Waals surface area contributed by atoms with E-state index in [9.17, 15) is 4.79 Å². The number of anilines is 1. The monoisotopic (exact) mass is 283 g/mol. The molecule has 1 aromatic rings. The molecule has 1 aromatic carbocycles. The molecule has 0 radical (unpaired) electrons. The van der Waals surface area contributed by atoms with Crippen molar-refractivity contribution in [1.82, 2.24) is 4.90 Å². The normalized spacial score (nSPS) is 17.5. The van der Waals surface area contributed by atoms with E-state index in [4.69, 9.17) is 22.1 Å². The molecule has 0 saturated carbocycles. The molecule has 0 bridgehead atoms. The van der Waals surface area contributed by atoms with Gasteiger partial charge in [0.1, 0.15) is 11.8 Å². The minimum absolute atomic E-state index is 0.212. The van der Waals surface area contributed by atoms with Crippen LogP contribution in [0.3, 0.4) is 0 Å². The number of carbonyl (C=O) groups excluding carboxylic acids is 1. The third-order valence-corrected chi connectivity index (χ3v) is 3.28. The fourth-order valence-electron chi connectivity index (χ4n) is 1.96. The summed E-state index contributed by atoms with van der Waals surface area (Å²) >= 11 is 6.13. The molecule has 104 valence electrons. The number of rotatable bonds is 5. The molecule has 0 aliphatic carbocycles. The van der Waals surface area contributed by atoms with Crippen LogP contribution in [0.2, 0.25) is 5.02 Å². The SMILES string of the molecule is CN(C)CCCOc1cc2c(cc1Cl)C(N)C(=O)N2. The Balaban J connectivity index is 2.03. The van der Waals surface area contributed by atoms with Crippen LogP contribution in [0, 0.1) is 0 Å².